The van der Waals surface area contributed by atoms with Crippen LogP contribution in [-0.2, 0) is 0 Å². The van der Waals surface area contributed by atoms with Crippen LogP contribution in [0.25, 0.3) is 0 Å². The Labute approximate surface area is 71.8 Å². The molecule has 0 aromatic heterocycles. The number of hydrogen-bond donors (Lipinski definition) is 0. The first kappa shape index (κ1) is 9.54. The monoisotopic (exact) mass is 231 g/mol. The zero-order valence-electron chi connectivity index (χ0n) is 6.19. The average molecular weight is 230 g/mol. The molecule has 0 aromatic carbocycles. The molecule has 0 fully saturated rings. The van der Waals surface area contributed by atoms with E-state index in [1.54, 1.807) is 0 Å². The predicted molar refractivity (Wildman–Crippen MR) is 43.7 cm³/mol. The number of allylic oxidation sites excluding steroid dienone is 1. The normalized spacial score (nSPS) is 10.9. The van der Waals surface area contributed by atoms with Gasteiger partial charge < -0.3 is 0 Å². The van der Waals surface area contributed by atoms with Crippen LogP contribution in [0.2, 0.25) is 0 Å². The predicted octanol–water partition coefficient (Wildman–Crippen LogP) is 2.64. The van der Waals surface area contributed by atoms with Crippen molar-refractivity contribution in [3.63, 3.8) is 0 Å². The van der Waals surface area contributed by atoms with Gasteiger partial charge in [-0.1, -0.05) is 0 Å². The van der Waals surface area contributed by atoms with E-state index >= 15 is 0 Å². The van der Waals surface area contributed by atoms with E-state index in [1.807, 2.05) is 0 Å². The molecule has 0 aromatic rings. The molecule has 0 N–H and O–H groups in total. The molecule has 0 nitrogen and oxygen atoms in total. The summed E-state index contributed by atoms with van der Waals surface area (Å²) in [5.41, 5.74) is 0. The van der Waals surface area contributed by atoms with Crippen LogP contribution in [0.3, 0.4) is 0 Å². The topological polar surface area (TPSA) is 0 Å². The zero-order chi connectivity index (χ0) is 6.95. The van der Waals surface area contributed by atoms with E-state index in [0.29, 0.717) is 0 Å². The van der Waals surface area contributed by atoms with Crippen LogP contribution >= 0.6 is 0 Å². The van der Waals surface area contributed by atoms with E-state index in [2.05, 4.69) is 17.1 Å². The third kappa shape index (κ3) is 8.54. The Morgan fingerprint density at radius 1 is 1.22 bits per heavy atom. The molecule has 9 heavy (non-hydrogen) atoms. The Hall–Kier alpha value is 0.539. The minimum atomic E-state index is 1.30. The summed E-state index contributed by atoms with van der Waals surface area (Å²) in [6.45, 7) is 2.25. The number of hydrogen-bond acceptors (Lipinski definition) is 0. The Balaban J connectivity index is 2.75. The SMILES string of the molecule is CCCCCCC=[CH][Sn]. The first-order chi connectivity index (χ1) is 4.41. The summed E-state index contributed by atoms with van der Waals surface area (Å²) in [5, 5.41) is 0. The Bertz CT molecular complexity index is 67.0. The number of unbranched alkanes of at least 4 members (excludes halogenated alkanes) is 4. The van der Waals surface area contributed by atoms with Crippen molar-refractivity contribution in [2.24, 2.45) is 0 Å². The van der Waals surface area contributed by atoms with E-state index < -0.39 is 0 Å². The molecular weight excluding hydrogens is 215 g/mol. The second-order valence-corrected chi connectivity index (χ2v) is 3.20. The van der Waals surface area contributed by atoms with Gasteiger partial charge in [0.05, 0.1) is 0 Å². The molecule has 0 atom stereocenters. The van der Waals surface area contributed by atoms with Gasteiger partial charge in [0.25, 0.3) is 0 Å². The quantitative estimate of drug-likeness (QED) is 0.503. The van der Waals surface area contributed by atoms with Crippen molar-refractivity contribution in [2.75, 3.05) is 0 Å². The maximum atomic E-state index is 2.29. The van der Waals surface area contributed by atoms with Crippen LogP contribution in [0.1, 0.15) is 39.0 Å². The van der Waals surface area contributed by atoms with Gasteiger partial charge in [-0.25, -0.2) is 0 Å². The van der Waals surface area contributed by atoms with E-state index in [4.69, 9.17) is 0 Å². The van der Waals surface area contributed by atoms with Crippen LogP contribution in [0, 0.1) is 0 Å². The van der Waals surface area contributed by atoms with Crippen LogP contribution in [-0.4, -0.2) is 22.5 Å². The van der Waals surface area contributed by atoms with Crippen molar-refractivity contribution in [1.82, 2.24) is 0 Å². The summed E-state index contributed by atoms with van der Waals surface area (Å²) >= 11 is 1.53. The van der Waals surface area contributed by atoms with E-state index in [-0.39, 0.29) is 0 Å². The summed E-state index contributed by atoms with van der Waals surface area (Å²) in [5.74, 6) is 0. The van der Waals surface area contributed by atoms with Crippen LogP contribution < -0.4 is 0 Å². The summed E-state index contributed by atoms with van der Waals surface area (Å²) in [4.78, 5) is 0. The molecule has 0 amide bonds. The molecule has 0 saturated carbocycles. The molecule has 0 aliphatic rings. The summed E-state index contributed by atoms with van der Waals surface area (Å²) < 4.78 is 2.22. The van der Waals surface area contributed by atoms with E-state index in [9.17, 15) is 0 Å². The van der Waals surface area contributed by atoms with Gasteiger partial charge in [0.15, 0.2) is 0 Å². The van der Waals surface area contributed by atoms with Gasteiger partial charge >= 0.3 is 71.7 Å². The van der Waals surface area contributed by atoms with Gasteiger partial charge in [0, 0.05) is 0 Å². The van der Waals surface area contributed by atoms with Gasteiger partial charge in [-0.3, -0.25) is 0 Å². The van der Waals surface area contributed by atoms with Crippen LogP contribution in [0.5, 0.6) is 0 Å². The number of rotatable bonds is 5. The molecule has 0 unspecified atom stereocenters. The van der Waals surface area contributed by atoms with Gasteiger partial charge in [0.1, 0.15) is 0 Å². The molecule has 0 aliphatic carbocycles. The second-order valence-electron chi connectivity index (χ2n) is 2.25. The summed E-state index contributed by atoms with van der Waals surface area (Å²) in [6, 6.07) is 0. The van der Waals surface area contributed by atoms with Crippen molar-refractivity contribution in [3.05, 3.63) is 10.2 Å². The molecule has 0 rings (SSSR count). The zero-order valence-corrected chi connectivity index (χ0v) is 9.04. The van der Waals surface area contributed by atoms with E-state index in [1.165, 1.54) is 54.6 Å². The fourth-order valence-corrected chi connectivity index (χ4v) is 1.25. The average Bonchev–Trinajstić information content (AvgIpc) is 1.89. The van der Waals surface area contributed by atoms with Crippen molar-refractivity contribution >= 4 is 22.5 Å². The van der Waals surface area contributed by atoms with Crippen molar-refractivity contribution in [3.8, 4) is 0 Å². The molecule has 0 saturated heterocycles. The Kier molecular flexibility index (Phi) is 9.05. The Morgan fingerprint density at radius 2 is 2.00 bits per heavy atom. The third-order valence-corrected chi connectivity index (χ3v) is 2.01. The molecule has 51 valence electrons. The first-order valence-electron chi connectivity index (χ1n) is 3.74. The molecular formula is C8H15Sn. The molecule has 0 aliphatic heterocycles. The third-order valence-electron chi connectivity index (χ3n) is 1.34. The van der Waals surface area contributed by atoms with Crippen LogP contribution in [0.4, 0.5) is 0 Å². The van der Waals surface area contributed by atoms with Crippen molar-refractivity contribution in [1.29, 1.82) is 0 Å². The molecule has 1 heteroatoms. The molecule has 3 radical (unpaired) electrons. The maximum absolute atomic E-state index is 2.29. The van der Waals surface area contributed by atoms with Gasteiger partial charge in [-0.05, 0) is 0 Å². The summed E-state index contributed by atoms with van der Waals surface area (Å²) in [6.07, 6.45) is 9.14. The Morgan fingerprint density at radius 3 is 2.56 bits per heavy atom. The first-order valence-corrected chi connectivity index (χ1v) is 5.39. The molecule has 0 spiro atoms. The molecule has 0 heterocycles. The van der Waals surface area contributed by atoms with Crippen molar-refractivity contribution < 1.29 is 0 Å². The minimum absolute atomic E-state index is 1.30. The van der Waals surface area contributed by atoms with Gasteiger partial charge in [-0.2, -0.15) is 0 Å². The fourth-order valence-electron chi connectivity index (χ4n) is 0.772. The molecule has 0 bridgehead atoms. The fraction of sp³-hybridized carbons (Fsp3) is 0.750. The van der Waals surface area contributed by atoms with Crippen molar-refractivity contribution in [2.45, 2.75) is 39.0 Å². The summed E-state index contributed by atoms with van der Waals surface area (Å²) in [7, 11) is 0. The van der Waals surface area contributed by atoms with E-state index in [0.717, 1.165) is 0 Å². The van der Waals surface area contributed by atoms with Crippen LogP contribution in [0.15, 0.2) is 10.2 Å². The van der Waals surface area contributed by atoms with Gasteiger partial charge in [-0.15, -0.1) is 0 Å². The standard InChI is InChI=1S/C8H15.Sn/c1-3-5-7-8-6-4-2;/h1,3H,4-8H2,2H3;. The van der Waals surface area contributed by atoms with Gasteiger partial charge in [0.2, 0.25) is 0 Å². The second kappa shape index (κ2) is 8.54.